The van der Waals surface area contributed by atoms with Crippen LogP contribution in [0, 0.1) is 0 Å². The van der Waals surface area contributed by atoms with Gasteiger partial charge in [-0.05, 0) is 48.3 Å². The number of amides is 4. The molecule has 35 heavy (non-hydrogen) atoms. The van der Waals surface area contributed by atoms with Crippen LogP contribution in [0.25, 0.3) is 0 Å². The molecular formula is C24H31N5O5S. The summed E-state index contributed by atoms with van der Waals surface area (Å²) in [6.07, 6.45) is 3.44. The lowest BCUT2D eigenvalue weighted by Gasteiger charge is -2.54. The number of methoxy groups -OCH3 is 1. The number of rotatable bonds is 8. The number of likely N-dealkylation sites (N-methyl/N-ethyl adjacent to an activating group) is 1. The Morgan fingerprint density at radius 1 is 1.23 bits per heavy atom. The summed E-state index contributed by atoms with van der Waals surface area (Å²) in [5.41, 5.74) is 0.919. The number of furan rings is 1. The molecule has 2 fully saturated rings. The third-order valence-corrected chi connectivity index (χ3v) is 6.92. The van der Waals surface area contributed by atoms with Crippen LogP contribution in [-0.4, -0.2) is 89.1 Å². The Balaban J connectivity index is 1.56. The molecule has 0 saturated carbocycles. The van der Waals surface area contributed by atoms with Gasteiger partial charge in [0.1, 0.15) is 23.7 Å². The third-order valence-electron chi connectivity index (χ3n) is 6.27. The average Bonchev–Trinajstić information content (AvgIpc) is 3.36. The Morgan fingerprint density at radius 3 is 2.66 bits per heavy atom. The van der Waals surface area contributed by atoms with Crippen molar-refractivity contribution in [3.05, 3.63) is 54.0 Å². The van der Waals surface area contributed by atoms with Gasteiger partial charge in [0.25, 0.3) is 0 Å². The molecule has 2 atom stereocenters. The van der Waals surface area contributed by atoms with Gasteiger partial charge in [-0.2, -0.15) is 11.8 Å². The minimum Gasteiger partial charge on any atom is -0.497 e. The second-order valence-electron chi connectivity index (χ2n) is 8.54. The molecule has 2 aliphatic rings. The molecule has 0 unspecified atom stereocenters. The smallest absolute Gasteiger partial charge is 0.334 e. The lowest BCUT2D eigenvalue weighted by molar-refractivity contribution is -0.187. The number of carbonyl (C=O) groups excluding carboxylic acids is 3. The Hall–Kier alpha value is -3.18. The molecule has 4 rings (SSSR count). The second-order valence-corrected chi connectivity index (χ2v) is 9.53. The highest BCUT2D eigenvalue weighted by Crippen LogP contribution is 2.29. The summed E-state index contributed by atoms with van der Waals surface area (Å²) in [5.74, 6) is 1.84. The molecule has 0 spiro atoms. The average molecular weight is 502 g/mol. The lowest BCUT2D eigenvalue weighted by Crippen LogP contribution is -2.75. The fraction of sp³-hybridized carbons (Fsp3) is 0.458. The standard InChI is InChI=1S/C24H31N5O5S/c1-26-16-22(30)28-20(10-12-35-3)23(31)27(14-19-5-4-11-34-19)15-21(28)29(26)24(32)25-13-17-6-8-18(33-2)9-7-17/h4-9,11,20-21H,10,12-16H2,1-3H3,(H,25,32)/t20-,21-/m0/s1. The number of urea groups is 1. The fourth-order valence-electron chi connectivity index (χ4n) is 4.55. The second kappa shape index (κ2) is 11.0. The van der Waals surface area contributed by atoms with Crippen LogP contribution in [0.3, 0.4) is 0 Å². The van der Waals surface area contributed by atoms with Crippen molar-refractivity contribution in [3.63, 3.8) is 0 Å². The highest BCUT2D eigenvalue weighted by Gasteiger charge is 2.50. The maximum Gasteiger partial charge on any atom is 0.334 e. The summed E-state index contributed by atoms with van der Waals surface area (Å²) in [5, 5.41) is 6.13. The van der Waals surface area contributed by atoms with E-state index in [1.807, 2.05) is 36.6 Å². The van der Waals surface area contributed by atoms with Gasteiger partial charge in [0.2, 0.25) is 11.8 Å². The third kappa shape index (κ3) is 5.40. The molecule has 1 aromatic carbocycles. The van der Waals surface area contributed by atoms with Gasteiger partial charge >= 0.3 is 6.03 Å². The number of hydrogen-bond donors (Lipinski definition) is 1. The Labute approximate surface area is 209 Å². The molecule has 1 N–H and O–H groups in total. The number of ether oxygens (including phenoxy) is 1. The number of nitrogens with zero attached hydrogens (tertiary/aromatic N) is 4. The summed E-state index contributed by atoms with van der Waals surface area (Å²) in [6, 6.07) is 10.1. The highest BCUT2D eigenvalue weighted by atomic mass is 32.2. The minimum absolute atomic E-state index is 0.0215. The molecule has 2 aromatic rings. The number of benzene rings is 1. The Bertz CT molecular complexity index is 1030. The number of hydrazine groups is 1. The number of fused-ring (bicyclic) bond motifs is 1. The largest absolute Gasteiger partial charge is 0.497 e. The minimum atomic E-state index is -0.630. The molecule has 2 aliphatic heterocycles. The van der Waals surface area contributed by atoms with E-state index in [4.69, 9.17) is 9.15 Å². The first-order valence-corrected chi connectivity index (χ1v) is 12.8. The van der Waals surface area contributed by atoms with E-state index in [2.05, 4.69) is 5.32 Å². The topological polar surface area (TPSA) is 98.6 Å². The van der Waals surface area contributed by atoms with Crippen molar-refractivity contribution in [2.45, 2.75) is 31.7 Å². The van der Waals surface area contributed by atoms with Crippen LogP contribution in [0.4, 0.5) is 4.79 Å². The first-order valence-electron chi connectivity index (χ1n) is 11.4. The zero-order chi connectivity index (χ0) is 24.9. The van der Waals surface area contributed by atoms with E-state index in [0.717, 1.165) is 17.1 Å². The SMILES string of the molecule is COc1ccc(CNC(=O)N2[C@H]3CN(Cc4ccco4)C(=O)[C@H](CCSC)N3C(=O)CN2C)cc1. The molecule has 4 amide bonds. The van der Waals surface area contributed by atoms with Crippen LogP contribution < -0.4 is 10.1 Å². The van der Waals surface area contributed by atoms with Crippen LogP contribution in [0.15, 0.2) is 47.1 Å². The quantitative estimate of drug-likeness (QED) is 0.591. The van der Waals surface area contributed by atoms with Gasteiger partial charge in [-0.3, -0.25) is 9.59 Å². The van der Waals surface area contributed by atoms with E-state index >= 15 is 0 Å². The van der Waals surface area contributed by atoms with Crippen molar-refractivity contribution in [3.8, 4) is 5.75 Å². The molecular weight excluding hydrogens is 470 g/mol. The molecule has 1 aromatic heterocycles. The van der Waals surface area contributed by atoms with E-state index in [-0.39, 0.29) is 37.5 Å². The maximum absolute atomic E-state index is 13.4. The van der Waals surface area contributed by atoms with E-state index in [9.17, 15) is 14.4 Å². The summed E-state index contributed by atoms with van der Waals surface area (Å²) >= 11 is 1.62. The zero-order valence-electron chi connectivity index (χ0n) is 20.2. The molecule has 11 heteroatoms. The van der Waals surface area contributed by atoms with Crippen molar-refractivity contribution in [1.29, 1.82) is 0 Å². The maximum atomic E-state index is 13.4. The number of nitrogens with one attached hydrogen (secondary N) is 1. The lowest BCUT2D eigenvalue weighted by atomic mass is 10.0. The molecule has 0 aliphatic carbocycles. The summed E-state index contributed by atoms with van der Waals surface area (Å²) in [4.78, 5) is 43.2. The zero-order valence-corrected chi connectivity index (χ0v) is 21.0. The Morgan fingerprint density at radius 2 is 2.00 bits per heavy atom. The number of piperazine rings is 1. The number of thioether (sulfide) groups is 1. The predicted octanol–water partition coefficient (Wildman–Crippen LogP) is 1.98. The highest BCUT2D eigenvalue weighted by molar-refractivity contribution is 7.98. The van der Waals surface area contributed by atoms with Gasteiger partial charge < -0.3 is 24.3 Å². The number of hydrogen-bond acceptors (Lipinski definition) is 7. The van der Waals surface area contributed by atoms with Crippen LogP contribution >= 0.6 is 11.8 Å². The van der Waals surface area contributed by atoms with E-state index in [1.54, 1.807) is 58.1 Å². The molecule has 0 bridgehead atoms. The summed E-state index contributed by atoms with van der Waals surface area (Å²) < 4.78 is 10.7. The van der Waals surface area contributed by atoms with Crippen molar-refractivity contribution in [2.75, 3.05) is 39.3 Å². The molecule has 10 nitrogen and oxygen atoms in total. The normalized spacial score (nSPS) is 20.7. The Kier molecular flexibility index (Phi) is 7.86. The van der Waals surface area contributed by atoms with Crippen molar-refractivity contribution < 1.29 is 23.5 Å². The predicted molar refractivity (Wildman–Crippen MR) is 131 cm³/mol. The molecule has 3 heterocycles. The molecule has 0 radical (unpaired) electrons. The van der Waals surface area contributed by atoms with Gasteiger partial charge in [0, 0.05) is 13.6 Å². The molecule has 188 valence electrons. The van der Waals surface area contributed by atoms with Gasteiger partial charge in [-0.15, -0.1) is 0 Å². The van der Waals surface area contributed by atoms with E-state index < -0.39 is 12.2 Å². The van der Waals surface area contributed by atoms with Gasteiger partial charge in [0.05, 0.1) is 33.0 Å². The van der Waals surface area contributed by atoms with Crippen LogP contribution in [0.2, 0.25) is 0 Å². The van der Waals surface area contributed by atoms with Crippen LogP contribution in [-0.2, 0) is 22.7 Å². The van der Waals surface area contributed by atoms with Crippen molar-refractivity contribution >= 4 is 29.6 Å². The van der Waals surface area contributed by atoms with Crippen LogP contribution in [0.1, 0.15) is 17.7 Å². The van der Waals surface area contributed by atoms with Crippen LogP contribution in [0.5, 0.6) is 5.75 Å². The van der Waals surface area contributed by atoms with E-state index in [0.29, 0.717) is 18.7 Å². The summed E-state index contributed by atoms with van der Waals surface area (Å²) in [7, 11) is 3.32. The number of carbonyl (C=O) groups is 3. The summed E-state index contributed by atoms with van der Waals surface area (Å²) in [6.45, 7) is 0.818. The molecule has 2 saturated heterocycles. The van der Waals surface area contributed by atoms with Gasteiger partial charge in [0.15, 0.2) is 0 Å². The van der Waals surface area contributed by atoms with Crippen molar-refractivity contribution in [1.82, 2.24) is 25.1 Å². The van der Waals surface area contributed by atoms with E-state index in [1.165, 1.54) is 0 Å². The monoisotopic (exact) mass is 501 g/mol. The van der Waals surface area contributed by atoms with Gasteiger partial charge in [-0.25, -0.2) is 14.8 Å². The van der Waals surface area contributed by atoms with Crippen molar-refractivity contribution in [2.24, 2.45) is 0 Å². The first-order chi connectivity index (χ1) is 16.9. The van der Waals surface area contributed by atoms with Gasteiger partial charge in [-0.1, -0.05) is 12.1 Å². The first kappa shape index (κ1) is 24.9. The fourth-order valence-corrected chi connectivity index (χ4v) is 5.01.